The summed E-state index contributed by atoms with van der Waals surface area (Å²) in [7, 11) is 0. The van der Waals surface area contributed by atoms with Crippen LogP contribution in [0.5, 0.6) is 0 Å². The quantitative estimate of drug-likeness (QED) is 0.657. The lowest BCUT2D eigenvalue weighted by Crippen LogP contribution is -2.05. The molecule has 0 saturated heterocycles. The standard InChI is InChI=1S/C9H12FN/c1-6-3-4-8(7(2)11)5-9(6)10/h3-5,7H,11H2,1-2H3. The van der Waals surface area contributed by atoms with E-state index in [1.807, 2.05) is 13.0 Å². The zero-order valence-electron chi connectivity index (χ0n) is 6.76. The van der Waals surface area contributed by atoms with Crippen LogP contribution in [0.1, 0.15) is 24.1 Å². The monoisotopic (exact) mass is 153 g/mol. The van der Waals surface area contributed by atoms with Crippen LogP contribution in [-0.4, -0.2) is 0 Å². The van der Waals surface area contributed by atoms with Gasteiger partial charge in [-0.25, -0.2) is 4.39 Å². The Hall–Kier alpha value is -0.890. The summed E-state index contributed by atoms with van der Waals surface area (Å²) in [4.78, 5) is 0. The first-order valence-electron chi connectivity index (χ1n) is 3.63. The molecule has 1 nitrogen and oxygen atoms in total. The van der Waals surface area contributed by atoms with E-state index in [4.69, 9.17) is 5.73 Å². The third-order valence-corrected chi connectivity index (χ3v) is 1.72. The zero-order chi connectivity index (χ0) is 8.43. The van der Waals surface area contributed by atoms with Crippen LogP contribution in [0.2, 0.25) is 0 Å². The molecule has 0 bridgehead atoms. The highest BCUT2D eigenvalue weighted by atomic mass is 19.1. The minimum atomic E-state index is -0.181. The van der Waals surface area contributed by atoms with Crippen molar-refractivity contribution in [2.75, 3.05) is 0 Å². The molecular formula is C9H12FN. The van der Waals surface area contributed by atoms with E-state index in [-0.39, 0.29) is 11.9 Å². The summed E-state index contributed by atoms with van der Waals surface area (Å²) in [6.45, 7) is 3.57. The fourth-order valence-electron chi connectivity index (χ4n) is 0.892. The fourth-order valence-corrected chi connectivity index (χ4v) is 0.892. The van der Waals surface area contributed by atoms with Crippen LogP contribution < -0.4 is 5.73 Å². The van der Waals surface area contributed by atoms with Crippen molar-refractivity contribution in [3.8, 4) is 0 Å². The van der Waals surface area contributed by atoms with Gasteiger partial charge in [0.2, 0.25) is 0 Å². The molecule has 11 heavy (non-hydrogen) atoms. The maximum absolute atomic E-state index is 12.9. The first-order valence-corrected chi connectivity index (χ1v) is 3.63. The number of hydrogen-bond donors (Lipinski definition) is 1. The predicted molar refractivity (Wildman–Crippen MR) is 43.7 cm³/mol. The number of benzene rings is 1. The zero-order valence-corrected chi connectivity index (χ0v) is 6.76. The summed E-state index contributed by atoms with van der Waals surface area (Å²) in [5.74, 6) is -0.181. The minimum Gasteiger partial charge on any atom is -0.324 e. The Kier molecular flexibility index (Phi) is 2.25. The third-order valence-electron chi connectivity index (χ3n) is 1.72. The van der Waals surface area contributed by atoms with E-state index in [1.54, 1.807) is 13.0 Å². The van der Waals surface area contributed by atoms with Gasteiger partial charge in [0.1, 0.15) is 5.82 Å². The fraction of sp³-hybridized carbons (Fsp3) is 0.333. The topological polar surface area (TPSA) is 26.0 Å². The van der Waals surface area contributed by atoms with Crippen molar-refractivity contribution in [3.63, 3.8) is 0 Å². The Balaban J connectivity index is 3.05. The molecule has 0 amide bonds. The van der Waals surface area contributed by atoms with E-state index >= 15 is 0 Å². The van der Waals surface area contributed by atoms with Gasteiger partial charge in [0.05, 0.1) is 0 Å². The molecule has 2 N–H and O–H groups in total. The predicted octanol–water partition coefficient (Wildman–Crippen LogP) is 2.15. The SMILES string of the molecule is Cc1ccc(C(C)N)cc1F. The summed E-state index contributed by atoms with van der Waals surface area (Å²) in [6.07, 6.45) is 0. The van der Waals surface area contributed by atoms with Gasteiger partial charge in [-0.3, -0.25) is 0 Å². The van der Waals surface area contributed by atoms with Crippen LogP contribution in [0.3, 0.4) is 0 Å². The van der Waals surface area contributed by atoms with Crippen molar-refractivity contribution in [1.82, 2.24) is 0 Å². The maximum Gasteiger partial charge on any atom is 0.126 e. The van der Waals surface area contributed by atoms with E-state index in [1.165, 1.54) is 6.07 Å². The van der Waals surface area contributed by atoms with Crippen LogP contribution in [0.25, 0.3) is 0 Å². The van der Waals surface area contributed by atoms with E-state index in [2.05, 4.69) is 0 Å². The van der Waals surface area contributed by atoms with Crippen molar-refractivity contribution < 1.29 is 4.39 Å². The van der Waals surface area contributed by atoms with Crippen molar-refractivity contribution in [3.05, 3.63) is 35.1 Å². The molecule has 1 atom stereocenters. The number of nitrogens with two attached hydrogens (primary N) is 1. The lowest BCUT2D eigenvalue weighted by atomic mass is 10.1. The second kappa shape index (κ2) is 3.01. The molecule has 1 unspecified atom stereocenters. The molecule has 0 saturated carbocycles. The number of aryl methyl sites for hydroxylation is 1. The second-order valence-electron chi connectivity index (χ2n) is 2.80. The van der Waals surface area contributed by atoms with Crippen LogP contribution in [0.4, 0.5) is 4.39 Å². The van der Waals surface area contributed by atoms with Crippen LogP contribution >= 0.6 is 0 Å². The molecular weight excluding hydrogens is 141 g/mol. The van der Waals surface area contributed by atoms with Gasteiger partial charge in [-0.15, -0.1) is 0 Å². The summed E-state index contributed by atoms with van der Waals surface area (Å²) < 4.78 is 12.9. The number of halogens is 1. The molecule has 0 aromatic heterocycles. The molecule has 60 valence electrons. The summed E-state index contributed by atoms with van der Waals surface area (Å²) >= 11 is 0. The van der Waals surface area contributed by atoms with Crippen LogP contribution in [0, 0.1) is 12.7 Å². The van der Waals surface area contributed by atoms with E-state index in [9.17, 15) is 4.39 Å². The first-order chi connectivity index (χ1) is 5.11. The Morgan fingerprint density at radius 1 is 1.45 bits per heavy atom. The van der Waals surface area contributed by atoms with Crippen LogP contribution in [0.15, 0.2) is 18.2 Å². The average molecular weight is 153 g/mol. The van der Waals surface area contributed by atoms with E-state index < -0.39 is 0 Å². The van der Waals surface area contributed by atoms with Crippen molar-refractivity contribution in [2.24, 2.45) is 5.73 Å². The lowest BCUT2D eigenvalue weighted by molar-refractivity contribution is 0.613. The van der Waals surface area contributed by atoms with E-state index in [0.717, 1.165) is 5.56 Å². The van der Waals surface area contributed by atoms with Crippen molar-refractivity contribution >= 4 is 0 Å². The molecule has 0 aliphatic heterocycles. The van der Waals surface area contributed by atoms with Gasteiger partial charge in [-0.2, -0.15) is 0 Å². The van der Waals surface area contributed by atoms with Gasteiger partial charge in [0.25, 0.3) is 0 Å². The molecule has 0 fully saturated rings. The van der Waals surface area contributed by atoms with Crippen molar-refractivity contribution in [1.29, 1.82) is 0 Å². The number of hydrogen-bond acceptors (Lipinski definition) is 1. The second-order valence-corrected chi connectivity index (χ2v) is 2.80. The largest absolute Gasteiger partial charge is 0.324 e. The first kappa shape index (κ1) is 8.21. The average Bonchev–Trinajstić information content (AvgIpc) is 1.94. The normalized spacial score (nSPS) is 13.1. The molecule has 1 aromatic carbocycles. The molecule has 0 aliphatic rings. The summed E-state index contributed by atoms with van der Waals surface area (Å²) in [5.41, 5.74) is 7.07. The third kappa shape index (κ3) is 1.77. The highest BCUT2D eigenvalue weighted by molar-refractivity contribution is 5.24. The summed E-state index contributed by atoms with van der Waals surface area (Å²) in [5, 5.41) is 0. The van der Waals surface area contributed by atoms with E-state index in [0.29, 0.717) is 5.56 Å². The highest BCUT2D eigenvalue weighted by Gasteiger charge is 2.01. The maximum atomic E-state index is 12.9. The van der Waals surface area contributed by atoms with Gasteiger partial charge < -0.3 is 5.73 Å². The van der Waals surface area contributed by atoms with Gasteiger partial charge in [0, 0.05) is 6.04 Å². The Labute approximate surface area is 66.0 Å². The van der Waals surface area contributed by atoms with Gasteiger partial charge in [0.15, 0.2) is 0 Å². The van der Waals surface area contributed by atoms with Gasteiger partial charge in [-0.05, 0) is 31.0 Å². The molecule has 2 heteroatoms. The Morgan fingerprint density at radius 3 is 2.55 bits per heavy atom. The van der Waals surface area contributed by atoms with Crippen molar-refractivity contribution in [2.45, 2.75) is 19.9 Å². The highest BCUT2D eigenvalue weighted by Crippen LogP contribution is 2.13. The molecule has 1 rings (SSSR count). The molecule has 0 spiro atoms. The molecule has 0 aliphatic carbocycles. The Bertz CT molecular complexity index is 256. The molecule has 0 heterocycles. The Morgan fingerprint density at radius 2 is 2.09 bits per heavy atom. The van der Waals surface area contributed by atoms with Crippen LogP contribution in [-0.2, 0) is 0 Å². The van der Waals surface area contributed by atoms with Gasteiger partial charge in [-0.1, -0.05) is 12.1 Å². The summed E-state index contributed by atoms with van der Waals surface area (Å²) in [6, 6.07) is 4.99. The lowest BCUT2D eigenvalue weighted by Gasteiger charge is -2.05. The molecule has 1 aromatic rings. The molecule has 0 radical (unpaired) electrons. The minimum absolute atomic E-state index is 0.0925. The van der Waals surface area contributed by atoms with Gasteiger partial charge >= 0.3 is 0 Å². The number of rotatable bonds is 1. The smallest absolute Gasteiger partial charge is 0.126 e.